The highest BCUT2D eigenvalue weighted by Gasteiger charge is 2.15. The van der Waals surface area contributed by atoms with Crippen LogP contribution in [-0.2, 0) is 17.8 Å². The molecular formula is C26H23FN2O3. The van der Waals surface area contributed by atoms with Crippen LogP contribution in [0, 0.1) is 5.82 Å². The zero-order chi connectivity index (χ0) is 22.5. The predicted molar refractivity (Wildman–Crippen MR) is 122 cm³/mol. The van der Waals surface area contributed by atoms with Gasteiger partial charge >= 0.3 is 0 Å². The Labute approximate surface area is 185 Å². The van der Waals surface area contributed by atoms with E-state index in [4.69, 9.17) is 4.42 Å². The number of nitrogens with one attached hydrogen (secondary N) is 1. The van der Waals surface area contributed by atoms with Gasteiger partial charge in [0.1, 0.15) is 11.4 Å². The van der Waals surface area contributed by atoms with E-state index in [0.717, 1.165) is 16.5 Å². The number of para-hydroxylation sites is 1. The highest BCUT2D eigenvalue weighted by molar-refractivity contribution is 6.04. The normalized spacial score (nSPS) is 10.8. The minimum Gasteiger partial charge on any atom is -0.451 e. The highest BCUT2D eigenvalue weighted by atomic mass is 19.1. The molecular weight excluding hydrogens is 407 g/mol. The molecule has 1 aromatic heterocycles. The Kier molecular flexibility index (Phi) is 6.31. The van der Waals surface area contributed by atoms with Gasteiger partial charge in [-0.2, -0.15) is 0 Å². The molecule has 0 atom stereocenters. The summed E-state index contributed by atoms with van der Waals surface area (Å²) in [6, 6.07) is 22.5. The van der Waals surface area contributed by atoms with Crippen LogP contribution in [0.2, 0.25) is 0 Å². The van der Waals surface area contributed by atoms with E-state index >= 15 is 0 Å². The number of rotatable bonds is 7. The molecule has 0 saturated heterocycles. The van der Waals surface area contributed by atoms with E-state index in [1.165, 1.54) is 12.1 Å². The Bertz CT molecular complexity index is 1210. The quantitative estimate of drug-likeness (QED) is 0.426. The van der Waals surface area contributed by atoms with Crippen LogP contribution >= 0.6 is 0 Å². The van der Waals surface area contributed by atoms with Crippen LogP contribution in [0.3, 0.4) is 0 Å². The Morgan fingerprint density at radius 3 is 2.44 bits per heavy atom. The Morgan fingerprint density at radius 1 is 0.938 bits per heavy atom. The van der Waals surface area contributed by atoms with E-state index in [0.29, 0.717) is 24.4 Å². The summed E-state index contributed by atoms with van der Waals surface area (Å²) < 4.78 is 19.0. The molecule has 0 bridgehead atoms. The van der Waals surface area contributed by atoms with Crippen molar-refractivity contribution in [3.63, 3.8) is 0 Å². The molecule has 0 aliphatic heterocycles. The van der Waals surface area contributed by atoms with E-state index in [-0.39, 0.29) is 29.8 Å². The number of amides is 2. The maximum Gasteiger partial charge on any atom is 0.291 e. The van der Waals surface area contributed by atoms with Gasteiger partial charge in [0.15, 0.2) is 5.76 Å². The zero-order valence-electron chi connectivity index (χ0n) is 17.7. The minimum atomic E-state index is -0.336. The van der Waals surface area contributed by atoms with Crippen molar-refractivity contribution in [2.24, 2.45) is 0 Å². The fraction of sp³-hybridized carbons (Fsp3) is 0.154. The van der Waals surface area contributed by atoms with Gasteiger partial charge in [-0.15, -0.1) is 0 Å². The molecule has 0 fully saturated rings. The summed E-state index contributed by atoms with van der Waals surface area (Å²) >= 11 is 0. The molecule has 1 N–H and O–H groups in total. The van der Waals surface area contributed by atoms with E-state index in [1.807, 2.05) is 43.3 Å². The molecule has 0 radical (unpaired) electrons. The molecule has 2 amide bonds. The molecule has 32 heavy (non-hydrogen) atoms. The van der Waals surface area contributed by atoms with Crippen molar-refractivity contribution >= 4 is 28.5 Å². The lowest BCUT2D eigenvalue weighted by Gasteiger charge is -2.21. The van der Waals surface area contributed by atoms with Crippen molar-refractivity contribution in [2.45, 2.75) is 19.9 Å². The zero-order valence-corrected chi connectivity index (χ0v) is 17.7. The Morgan fingerprint density at radius 2 is 1.72 bits per heavy atom. The van der Waals surface area contributed by atoms with Crippen LogP contribution in [0.1, 0.15) is 28.6 Å². The number of carbonyl (C=O) groups is 2. The van der Waals surface area contributed by atoms with E-state index in [2.05, 4.69) is 5.32 Å². The van der Waals surface area contributed by atoms with Crippen molar-refractivity contribution in [2.75, 3.05) is 11.9 Å². The first-order chi connectivity index (χ1) is 15.5. The molecule has 1 heterocycles. The SMILES string of the molecule is CCN(Cc1cccc(F)c1)C(=O)Cc1ccc(NC(=O)c2cc3ccccc3o2)cc1. The predicted octanol–water partition coefficient (Wildman–Crippen LogP) is 5.42. The molecule has 6 heteroatoms. The lowest BCUT2D eigenvalue weighted by molar-refractivity contribution is -0.130. The maximum absolute atomic E-state index is 13.4. The van der Waals surface area contributed by atoms with E-state index in [9.17, 15) is 14.0 Å². The highest BCUT2D eigenvalue weighted by Crippen LogP contribution is 2.20. The van der Waals surface area contributed by atoms with Crippen molar-refractivity contribution in [3.05, 3.63) is 102 Å². The number of benzene rings is 3. The molecule has 5 nitrogen and oxygen atoms in total. The summed E-state index contributed by atoms with van der Waals surface area (Å²) in [5.74, 6) is -0.458. The largest absolute Gasteiger partial charge is 0.451 e. The minimum absolute atomic E-state index is 0.0455. The summed E-state index contributed by atoms with van der Waals surface area (Å²) in [7, 11) is 0. The number of fused-ring (bicyclic) bond motifs is 1. The molecule has 4 aromatic rings. The van der Waals surface area contributed by atoms with Gasteiger partial charge in [0.2, 0.25) is 5.91 Å². The molecule has 0 aliphatic rings. The van der Waals surface area contributed by atoms with Crippen LogP contribution < -0.4 is 5.32 Å². The number of likely N-dealkylation sites (N-methyl/N-ethyl adjacent to an activating group) is 1. The van der Waals surface area contributed by atoms with Gasteiger partial charge in [-0.25, -0.2) is 4.39 Å². The van der Waals surface area contributed by atoms with E-state index < -0.39 is 0 Å². The number of anilines is 1. The fourth-order valence-corrected chi connectivity index (χ4v) is 3.51. The second kappa shape index (κ2) is 9.47. The average molecular weight is 430 g/mol. The van der Waals surface area contributed by atoms with Crippen LogP contribution in [0.25, 0.3) is 11.0 Å². The van der Waals surface area contributed by atoms with Gasteiger partial charge in [-0.05, 0) is 54.4 Å². The van der Waals surface area contributed by atoms with Gasteiger partial charge in [-0.1, -0.05) is 42.5 Å². The second-order valence-corrected chi connectivity index (χ2v) is 7.51. The Hall–Kier alpha value is -3.93. The van der Waals surface area contributed by atoms with Crippen molar-refractivity contribution in [1.82, 2.24) is 4.90 Å². The first-order valence-corrected chi connectivity index (χ1v) is 10.4. The van der Waals surface area contributed by atoms with Crippen LogP contribution in [0.15, 0.2) is 83.3 Å². The number of halogens is 1. The topological polar surface area (TPSA) is 62.6 Å². The molecule has 4 rings (SSSR count). The van der Waals surface area contributed by atoms with Gasteiger partial charge in [0, 0.05) is 24.2 Å². The summed E-state index contributed by atoms with van der Waals surface area (Å²) in [5, 5.41) is 3.67. The summed E-state index contributed by atoms with van der Waals surface area (Å²) in [4.78, 5) is 26.9. The van der Waals surface area contributed by atoms with Crippen molar-refractivity contribution < 1.29 is 18.4 Å². The average Bonchev–Trinajstić information content (AvgIpc) is 3.23. The van der Waals surface area contributed by atoms with E-state index in [1.54, 1.807) is 35.2 Å². The molecule has 0 spiro atoms. The van der Waals surface area contributed by atoms with Crippen LogP contribution in [-0.4, -0.2) is 23.3 Å². The standard InChI is InChI=1S/C26H23FN2O3/c1-2-29(17-19-6-5-8-21(27)14-19)25(30)15-18-10-12-22(13-11-18)28-26(31)24-16-20-7-3-4-9-23(20)32-24/h3-14,16H,2,15,17H2,1H3,(H,28,31). The van der Waals surface area contributed by atoms with Gasteiger partial charge < -0.3 is 14.6 Å². The third kappa shape index (κ3) is 5.03. The smallest absolute Gasteiger partial charge is 0.291 e. The summed E-state index contributed by atoms with van der Waals surface area (Å²) in [5.41, 5.74) is 2.85. The Balaban J connectivity index is 1.37. The molecule has 0 saturated carbocycles. The number of furan rings is 1. The van der Waals surface area contributed by atoms with Crippen LogP contribution in [0.4, 0.5) is 10.1 Å². The molecule has 0 aliphatic carbocycles. The molecule has 3 aromatic carbocycles. The summed E-state index contributed by atoms with van der Waals surface area (Å²) in [6.07, 6.45) is 0.223. The number of hydrogen-bond acceptors (Lipinski definition) is 3. The fourth-order valence-electron chi connectivity index (χ4n) is 3.51. The van der Waals surface area contributed by atoms with Gasteiger partial charge in [-0.3, -0.25) is 9.59 Å². The molecule has 162 valence electrons. The number of carbonyl (C=O) groups excluding carboxylic acids is 2. The first kappa shape index (κ1) is 21.3. The third-order valence-electron chi connectivity index (χ3n) is 5.21. The monoisotopic (exact) mass is 430 g/mol. The third-order valence-corrected chi connectivity index (χ3v) is 5.21. The lowest BCUT2D eigenvalue weighted by atomic mass is 10.1. The number of hydrogen-bond donors (Lipinski definition) is 1. The molecule has 0 unspecified atom stereocenters. The van der Waals surface area contributed by atoms with Crippen molar-refractivity contribution in [3.8, 4) is 0 Å². The van der Waals surface area contributed by atoms with Gasteiger partial charge in [0.05, 0.1) is 6.42 Å². The summed E-state index contributed by atoms with van der Waals surface area (Å²) in [6.45, 7) is 2.79. The maximum atomic E-state index is 13.4. The van der Waals surface area contributed by atoms with Gasteiger partial charge in [0.25, 0.3) is 5.91 Å². The number of nitrogens with zero attached hydrogens (tertiary/aromatic N) is 1. The van der Waals surface area contributed by atoms with Crippen LogP contribution in [0.5, 0.6) is 0 Å². The van der Waals surface area contributed by atoms with Crippen molar-refractivity contribution in [1.29, 1.82) is 0 Å². The first-order valence-electron chi connectivity index (χ1n) is 10.4. The lowest BCUT2D eigenvalue weighted by Crippen LogP contribution is -2.31. The second-order valence-electron chi connectivity index (χ2n) is 7.51.